The topological polar surface area (TPSA) is 87.5 Å². The first-order valence-corrected chi connectivity index (χ1v) is 11.8. The summed E-state index contributed by atoms with van der Waals surface area (Å²) in [5.74, 6) is -1.31. The second-order valence-corrected chi connectivity index (χ2v) is 8.74. The molecule has 1 amide bonds. The van der Waals surface area contributed by atoms with Gasteiger partial charge in [0.05, 0.1) is 23.5 Å². The summed E-state index contributed by atoms with van der Waals surface area (Å²) in [6.07, 6.45) is 3.59. The third-order valence-electron chi connectivity index (χ3n) is 6.16. The Bertz CT molecular complexity index is 1410. The van der Waals surface area contributed by atoms with Crippen LogP contribution in [0.4, 0.5) is 0 Å². The lowest BCUT2D eigenvalue weighted by atomic mass is 10.00. The first-order valence-electron chi connectivity index (χ1n) is 11.8. The molecule has 0 unspecified atom stereocenters. The normalized spacial score (nSPS) is 14.9. The highest BCUT2D eigenvalue weighted by Gasteiger charge is 2.34. The highest BCUT2D eigenvalue weighted by atomic mass is 16.4. The summed E-state index contributed by atoms with van der Waals surface area (Å²) in [5, 5.41) is 15.6. The van der Waals surface area contributed by atoms with Crippen molar-refractivity contribution in [1.29, 1.82) is 0 Å². The second kappa shape index (κ2) is 9.92. The Balaban J connectivity index is 1.63. The average Bonchev–Trinajstić information content (AvgIpc) is 3.54. The summed E-state index contributed by atoms with van der Waals surface area (Å²) in [6.45, 7) is 2.03. The van der Waals surface area contributed by atoms with Crippen molar-refractivity contribution in [2.24, 2.45) is 0 Å². The van der Waals surface area contributed by atoms with Gasteiger partial charge in [0, 0.05) is 23.7 Å². The van der Waals surface area contributed by atoms with Crippen molar-refractivity contribution < 1.29 is 14.7 Å². The van der Waals surface area contributed by atoms with Crippen molar-refractivity contribution in [2.45, 2.75) is 25.8 Å². The Morgan fingerprint density at radius 2 is 1.56 bits per heavy atom. The number of hydrogen-bond donors (Lipinski definition) is 2. The molecule has 36 heavy (non-hydrogen) atoms. The third kappa shape index (κ3) is 4.77. The number of nitrogens with zero attached hydrogens (tertiary/aromatic N) is 3. The van der Waals surface area contributed by atoms with Crippen molar-refractivity contribution in [3.05, 3.63) is 114 Å². The molecule has 2 N–H and O–H groups in total. The molecule has 0 radical (unpaired) electrons. The van der Waals surface area contributed by atoms with E-state index in [0.717, 1.165) is 39.3 Å². The maximum Gasteiger partial charge on any atom is 0.303 e. The van der Waals surface area contributed by atoms with Crippen molar-refractivity contribution in [1.82, 2.24) is 20.2 Å². The van der Waals surface area contributed by atoms with E-state index in [1.165, 1.54) is 5.01 Å². The minimum atomic E-state index is -1.01. The zero-order chi connectivity index (χ0) is 25.1. The summed E-state index contributed by atoms with van der Waals surface area (Å²) >= 11 is 0. The number of hydrazine groups is 1. The molecule has 1 aliphatic rings. The number of carboxylic acid groups (broad SMARTS) is 1. The van der Waals surface area contributed by atoms with Crippen LogP contribution in [0.5, 0.6) is 0 Å². The van der Waals surface area contributed by atoms with E-state index in [-0.39, 0.29) is 18.7 Å². The number of carbonyl (C=O) groups is 2. The van der Waals surface area contributed by atoms with E-state index in [9.17, 15) is 9.59 Å². The molecule has 2 heterocycles. The second-order valence-electron chi connectivity index (χ2n) is 8.74. The summed E-state index contributed by atoms with van der Waals surface area (Å²) in [4.78, 5) is 24.4. The van der Waals surface area contributed by atoms with E-state index in [4.69, 9.17) is 10.2 Å². The van der Waals surface area contributed by atoms with Gasteiger partial charge in [-0.05, 0) is 30.7 Å². The Morgan fingerprint density at radius 1 is 0.889 bits per heavy atom. The van der Waals surface area contributed by atoms with Gasteiger partial charge in [0.25, 0.3) is 0 Å². The number of rotatable bonds is 7. The summed E-state index contributed by atoms with van der Waals surface area (Å²) in [7, 11) is 0. The van der Waals surface area contributed by atoms with Gasteiger partial charge in [-0.25, -0.2) is 9.69 Å². The first kappa shape index (κ1) is 23.1. The molecule has 1 aromatic heterocycles. The van der Waals surface area contributed by atoms with Gasteiger partial charge < -0.3 is 5.11 Å². The third-order valence-corrected chi connectivity index (χ3v) is 6.16. The van der Waals surface area contributed by atoms with Crippen LogP contribution in [0.1, 0.15) is 35.6 Å². The molecule has 1 atom stereocenters. The van der Waals surface area contributed by atoms with Crippen LogP contribution in [0.25, 0.3) is 22.6 Å². The van der Waals surface area contributed by atoms with Crippen LogP contribution >= 0.6 is 0 Å². The number of aromatic nitrogens is 2. The van der Waals surface area contributed by atoms with Crippen LogP contribution in [-0.4, -0.2) is 31.8 Å². The lowest BCUT2D eigenvalue weighted by Gasteiger charge is -2.25. The van der Waals surface area contributed by atoms with E-state index in [2.05, 4.69) is 5.43 Å². The smallest absolute Gasteiger partial charge is 0.303 e. The van der Waals surface area contributed by atoms with Crippen molar-refractivity contribution in [3.63, 3.8) is 0 Å². The predicted molar refractivity (Wildman–Crippen MR) is 138 cm³/mol. The number of carbonyl (C=O) groups excluding carboxylic acids is 1. The van der Waals surface area contributed by atoms with E-state index >= 15 is 0 Å². The number of benzene rings is 3. The lowest BCUT2D eigenvalue weighted by molar-refractivity contribution is -0.142. The Kier molecular flexibility index (Phi) is 6.36. The molecular weight excluding hydrogens is 452 g/mol. The lowest BCUT2D eigenvalue weighted by Crippen LogP contribution is -2.39. The van der Waals surface area contributed by atoms with Gasteiger partial charge in [0.15, 0.2) is 0 Å². The van der Waals surface area contributed by atoms with E-state index in [0.29, 0.717) is 0 Å². The maximum atomic E-state index is 13.2. The standard InChI is InChI=1S/C29H26N4O3/c1-20-12-14-22(15-13-20)29-24(19-32(31-29)23-10-6-3-7-11-23)26-18-25(21-8-4-2-5-9-21)30-33(26)27(34)16-17-28(35)36/h2-15,18-19,26,30H,16-17H2,1H3,(H,35,36)/t26-/m1/s1. The Morgan fingerprint density at radius 3 is 2.22 bits per heavy atom. The molecule has 5 rings (SSSR count). The summed E-state index contributed by atoms with van der Waals surface area (Å²) in [6, 6.07) is 27.2. The largest absolute Gasteiger partial charge is 0.481 e. The molecule has 0 fully saturated rings. The van der Waals surface area contributed by atoms with Gasteiger partial charge in [-0.2, -0.15) is 5.10 Å². The fourth-order valence-corrected chi connectivity index (χ4v) is 4.28. The van der Waals surface area contributed by atoms with E-state index < -0.39 is 12.0 Å². The number of nitrogens with one attached hydrogen (secondary N) is 1. The number of amides is 1. The summed E-state index contributed by atoms with van der Waals surface area (Å²) in [5.41, 5.74) is 9.52. The van der Waals surface area contributed by atoms with Crippen molar-refractivity contribution in [2.75, 3.05) is 0 Å². The molecular formula is C29H26N4O3. The van der Waals surface area contributed by atoms with Gasteiger partial charge in [0.2, 0.25) is 5.91 Å². The molecule has 1 aliphatic heterocycles. The van der Waals surface area contributed by atoms with Crippen LogP contribution in [0, 0.1) is 6.92 Å². The average molecular weight is 479 g/mol. The molecule has 7 nitrogen and oxygen atoms in total. The maximum absolute atomic E-state index is 13.2. The molecule has 0 saturated carbocycles. The fraction of sp³-hybridized carbons (Fsp3) is 0.138. The van der Waals surface area contributed by atoms with Gasteiger partial charge in [-0.1, -0.05) is 78.4 Å². The molecule has 0 spiro atoms. The Hall–Kier alpha value is -4.65. The van der Waals surface area contributed by atoms with Crippen LogP contribution < -0.4 is 5.43 Å². The molecule has 3 aromatic carbocycles. The van der Waals surface area contributed by atoms with Gasteiger partial charge in [-0.15, -0.1) is 0 Å². The van der Waals surface area contributed by atoms with Crippen LogP contribution in [0.2, 0.25) is 0 Å². The predicted octanol–water partition coefficient (Wildman–Crippen LogP) is 5.14. The molecule has 0 bridgehead atoms. The van der Waals surface area contributed by atoms with Crippen molar-refractivity contribution in [3.8, 4) is 16.9 Å². The monoisotopic (exact) mass is 478 g/mol. The number of aliphatic carboxylic acids is 1. The van der Waals surface area contributed by atoms with E-state index in [1.807, 2.05) is 109 Å². The van der Waals surface area contributed by atoms with Crippen molar-refractivity contribution >= 4 is 17.6 Å². The minimum Gasteiger partial charge on any atom is -0.481 e. The number of hydrogen-bond acceptors (Lipinski definition) is 4. The highest BCUT2D eigenvalue weighted by molar-refractivity contribution is 5.84. The zero-order valence-electron chi connectivity index (χ0n) is 19.8. The van der Waals surface area contributed by atoms with Gasteiger partial charge in [0.1, 0.15) is 6.04 Å². The zero-order valence-corrected chi connectivity index (χ0v) is 19.8. The Labute approximate surface area is 209 Å². The SMILES string of the molecule is Cc1ccc(-c2nn(-c3ccccc3)cc2[C@H]2C=C(c3ccccc3)NN2C(=O)CCC(=O)O)cc1. The number of carboxylic acids is 1. The number of para-hydroxylation sites is 1. The molecule has 4 aromatic rings. The van der Waals surface area contributed by atoms with Gasteiger partial charge >= 0.3 is 5.97 Å². The number of aryl methyl sites for hydroxylation is 1. The molecule has 0 aliphatic carbocycles. The minimum absolute atomic E-state index is 0.110. The highest BCUT2D eigenvalue weighted by Crippen LogP contribution is 2.37. The summed E-state index contributed by atoms with van der Waals surface area (Å²) < 4.78 is 1.82. The van der Waals surface area contributed by atoms with Crippen LogP contribution in [0.15, 0.2) is 97.2 Å². The van der Waals surface area contributed by atoms with E-state index in [1.54, 1.807) is 0 Å². The molecule has 180 valence electrons. The van der Waals surface area contributed by atoms with Gasteiger partial charge in [-0.3, -0.25) is 15.0 Å². The molecule has 0 saturated heterocycles. The fourth-order valence-electron chi connectivity index (χ4n) is 4.28. The molecule has 7 heteroatoms. The van der Waals surface area contributed by atoms with Crippen LogP contribution in [-0.2, 0) is 9.59 Å². The quantitative estimate of drug-likeness (QED) is 0.384. The van der Waals surface area contributed by atoms with Crippen LogP contribution in [0.3, 0.4) is 0 Å². The first-order chi connectivity index (χ1) is 17.5.